The van der Waals surface area contributed by atoms with Crippen molar-refractivity contribution in [1.82, 2.24) is 19.7 Å². The molecule has 3 heterocycles. The maximum Gasteiger partial charge on any atom is 0.227 e. The Kier molecular flexibility index (Phi) is 5.48. The first kappa shape index (κ1) is 19.7. The van der Waals surface area contributed by atoms with Crippen molar-refractivity contribution in [3.8, 4) is 0 Å². The summed E-state index contributed by atoms with van der Waals surface area (Å²) in [5, 5.41) is 6.08. The van der Waals surface area contributed by atoms with Gasteiger partial charge < -0.3 is 9.88 Å². The Hall–Kier alpha value is -2.56. The van der Waals surface area contributed by atoms with Crippen LogP contribution in [0.25, 0.3) is 10.9 Å². The maximum atomic E-state index is 12.9. The molecule has 1 aliphatic heterocycles. The quantitative estimate of drug-likeness (QED) is 0.663. The lowest BCUT2D eigenvalue weighted by atomic mass is 10.0. The Morgan fingerprint density at radius 3 is 2.55 bits per heavy atom. The molecule has 0 radical (unpaired) electrons. The van der Waals surface area contributed by atoms with E-state index in [1.807, 2.05) is 23.2 Å². The number of fused-ring (bicyclic) bond motifs is 1. The number of rotatable bonds is 5. The molecule has 1 saturated heterocycles. The van der Waals surface area contributed by atoms with Gasteiger partial charge >= 0.3 is 0 Å². The summed E-state index contributed by atoms with van der Waals surface area (Å²) in [6, 6.07) is 10.8. The van der Waals surface area contributed by atoms with E-state index in [4.69, 9.17) is 5.10 Å². The van der Waals surface area contributed by atoms with Crippen LogP contribution in [0, 0.1) is 0 Å². The fourth-order valence-electron chi connectivity index (χ4n) is 4.35. The van der Waals surface area contributed by atoms with Gasteiger partial charge in [-0.1, -0.05) is 45.9 Å². The van der Waals surface area contributed by atoms with Gasteiger partial charge in [-0.2, -0.15) is 5.10 Å². The van der Waals surface area contributed by atoms with E-state index in [-0.39, 0.29) is 5.91 Å². The van der Waals surface area contributed by atoms with Crippen molar-refractivity contribution in [2.75, 3.05) is 13.1 Å². The van der Waals surface area contributed by atoms with Crippen molar-refractivity contribution in [2.24, 2.45) is 0 Å². The van der Waals surface area contributed by atoms with Gasteiger partial charge in [-0.15, -0.1) is 0 Å². The standard InChI is InChI=1S/C24H32N4O/c1-16(2)22-14-23(17(3)4)28(26-22)19-9-11-27(12-10-19)24(29)13-18-15-25-21-8-6-5-7-20(18)21/h5-8,14-17,19,25H,9-13H2,1-4H3. The highest BCUT2D eigenvalue weighted by molar-refractivity contribution is 5.88. The second kappa shape index (κ2) is 8.05. The van der Waals surface area contributed by atoms with Crippen LogP contribution in [0.15, 0.2) is 36.5 Å². The van der Waals surface area contributed by atoms with Crippen molar-refractivity contribution in [1.29, 1.82) is 0 Å². The van der Waals surface area contributed by atoms with Gasteiger partial charge in [0.2, 0.25) is 5.91 Å². The molecule has 1 N–H and O–H groups in total. The molecule has 0 unspecified atom stereocenters. The molecule has 2 aromatic heterocycles. The first-order valence-corrected chi connectivity index (χ1v) is 10.9. The van der Waals surface area contributed by atoms with Crippen LogP contribution in [0.3, 0.4) is 0 Å². The Morgan fingerprint density at radius 2 is 1.86 bits per heavy atom. The Balaban J connectivity index is 1.42. The number of para-hydroxylation sites is 1. The largest absolute Gasteiger partial charge is 0.361 e. The minimum atomic E-state index is 0.223. The maximum absolute atomic E-state index is 12.9. The molecule has 3 aromatic rings. The predicted octanol–water partition coefficient (Wildman–Crippen LogP) is 5.02. The summed E-state index contributed by atoms with van der Waals surface area (Å²) in [5.41, 5.74) is 4.67. The minimum absolute atomic E-state index is 0.223. The molecule has 0 bridgehead atoms. The van der Waals surface area contributed by atoms with Crippen LogP contribution in [0.2, 0.25) is 0 Å². The number of nitrogens with one attached hydrogen (secondary N) is 1. The number of H-pyrrole nitrogens is 1. The molecule has 0 atom stereocenters. The second-order valence-corrected chi connectivity index (χ2v) is 8.90. The van der Waals surface area contributed by atoms with Crippen LogP contribution in [0.5, 0.6) is 0 Å². The summed E-state index contributed by atoms with van der Waals surface area (Å²) in [6.45, 7) is 10.5. The number of hydrogen-bond acceptors (Lipinski definition) is 2. The highest BCUT2D eigenvalue weighted by Crippen LogP contribution is 2.29. The number of aromatic nitrogens is 3. The lowest BCUT2D eigenvalue weighted by Gasteiger charge is -2.33. The summed E-state index contributed by atoms with van der Waals surface area (Å²) in [4.78, 5) is 18.2. The van der Waals surface area contributed by atoms with E-state index in [1.54, 1.807) is 0 Å². The monoisotopic (exact) mass is 392 g/mol. The zero-order valence-corrected chi connectivity index (χ0v) is 18.0. The first-order chi connectivity index (χ1) is 13.9. The number of nitrogens with zero attached hydrogens (tertiary/aromatic N) is 3. The van der Waals surface area contributed by atoms with Crippen LogP contribution in [-0.2, 0) is 11.2 Å². The fraction of sp³-hybridized carbons (Fsp3) is 0.500. The molecule has 0 saturated carbocycles. The Bertz CT molecular complexity index is 989. The van der Waals surface area contributed by atoms with E-state index in [2.05, 4.69) is 55.6 Å². The molecule has 1 aliphatic rings. The second-order valence-electron chi connectivity index (χ2n) is 8.90. The van der Waals surface area contributed by atoms with E-state index in [9.17, 15) is 4.79 Å². The smallest absolute Gasteiger partial charge is 0.227 e. The van der Waals surface area contributed by atoms with Crippen molar-refractivity contribution >= 4 is 16.8 Å². The number of piperidine rings is 1. The van der Waals surface area contributed by atoms with Crippen molar-refractivity contribution in [3.05, 3.63) is 53.5 Å². The van der Waals surface area contributed by atoms with E-state index in [0.29, 0.717) is 24.3 Å². The SMILES string of the molecule is CC(C)c1cc(C(C)C)n(C2CCN(C(=O)Cc3c[nH]c4ccccc34)CC2)n1. The average Bonchev–Trinajstić information content (AvgIpc) is 3.33. The lowest BCUT2D eigenvalue weighted by molar-refractivity contribution is -0.131. The van der Waals surface area contributed by atoms with Crippen LogP contribution in [0.1, 0.15) is 75.4 Å². The molecule has 154 valence electrons. The van der Waals surface area contributed by atoms with Gasteiger partial charge in [0.25, 0.3) is 0 Å². The zero-order chi connectivity index (χ0) is 20.5. The number of carbonyl (C=O) groups is 1. The van der Waals surface area contributed by atoms with Crippen LogP contribution < -0.4 is 0 Å². The molecule has 0 aliphatic carbocycles. The molecule has 1 fully saturated rings. The van der Waals surface area contributed by atoms with E-state index in [1.165, 1.54) is 11.4 Å². The lowest BCUT2D eigenvalue weighted by Crippen LogP contribution is -2.40. The van der Waals surface area contributed by atoms with Gasteiger partial charge in [-0.3, -0.25) is 9.48 Å². The molecule has 1 aromatic carbocycles. The van der Waals surface area contributed by atoms with Gasteiger partial charge in [-0.05, 0) is 42.4 Å². The summed E-state index contributed by atoms with van der Waals surface area (Å²) in [5.74, 6) is 1.11. The number of carbonyl (C=O) groups excluding carboxylic acids is 1. The van der Waals surface area contributed by atoms with Crippen LogP contribution in [0.4, 0.5) is 0 Å². The number of benzene rings is 1. The molecule has 0 spiro atoms. The van der Waals surface area contributed by atoms with E-state index >= 15 is 0 Å². The summed E-state index contributed by atoms with van der Waals surface area (Å²) in [7, 11) is 0. The first-order valence-electron chi connectivity index (χ1n) is 10.9. The number of hydrogen-bond donors (Lipinski definition) is 1. The van der Waals surface area contributed by atoms with E-state index < -0.39 is 0 Å². The zero-order valence-electron chi connectivity index (χ0n) is 18.0. The van der Waals surface area contributed by atoms with Crippen LogP contribution in [-0.4, -0.2) is 38.7 Å². The summed E-state index contributed by atoms with van der Waals surface area (Å²) >= 11 is 0. The summed E-state index contributed by atoms with van der Waals surface area (Å²) in [6.07, 6.45) is 4.38. The topological polar surface area (TPSA) is 53.9 Å². The molecular weight excluding hydrogens is 360 g/mol. The third kappa shape index (κ3) is 3.96. The van der Waals surface area contributed by atoms with Gasteiger partial charge in [0, 0.05) is 35.9 Å². The molecule has 1 amide bonds. The number of aromatic amines is 1. The third-order valence-electron chi connectivity index (χ3n) is 6.15. The fourth-order valence-corrected chi connectivity index (χ4v) is 4.35. The van der Waals surface area contributed by atoms with Crippen molar-refractivity contribution < 1.29 is 4.79 Å². The molecule has 5 heteroatoms. The average molecular weight is 393 g/mol. The van der Waals surface area contributed by atoms with Gasteiger partial charge in [0.05, 0.1) is 18.2 Å². The Morgan fingerprint density at radius 1 is 1.14 bits per heavy atom. The Labute approximate surface area is 173 Å². The van der Waals surface area contributed by atoms with Gasteiger partial charge in [0.15, 0.2) is 0 Å². The molecule has 4 rings (SSSR count). The number of likely N-dealkylation sites (tertiary alicyclic amines) is 1. The molecule has 5 nitrogen and oxygen atoms in total. The normalized spacial score (nSPS) is 15.7. The van der Waals surface area contributed by atoms with Crippen molar-refractivity contribution in [2.45, 2.75) is 64.8 Å². The highest BCUT2D eigenvalue weighted by atomic mass is 16.2. The van der Waals surface area contributed by atoms with Gasteiger partial charge in [0.1, 0.15) is 0 Å². The highest BCUT2D eigenvalue weighted by Gasteiger charge is 2.27. The van der Waals surface area contributed by atoms with E-state index in [0.717, 1.165) is 42.4 Å². The van der Waals surface area contributed by atoms with Crippen molar-refractivity contribution in [3.63, 3.8) is 0 Å². The summed E-state index contributed by atoms with van der Waals surface area (Å²) < 4.78 is 2.25. The molecular formula is C24H32N4O. The molecule has 29 heavy (non-hydrogen) atoms. The van der Waals surface area contributed by atoms with Crippen LogP contribution >= 0.6 is 0 Å². The third-order valence-corrected chi connectivity index (χ3v) is 6.15. The van der Waals surface area contributed by atoms with Gasteiger partial charge in [-0.25, -0.2) is 0 Å². The number of amides is 1. The minimum Gasteiger partial charge on any atom is -0.361 e. The predicted molar refractivity (Wildman–Crippen MR) is 117 cm³/mol.